The number of carboxylic acid groups (broad SMARTS) is 1. The Morgan fingerprint density at radius 2 is 1.56 bits per heavy atom. The fourth-order valence-electron chi connectivity index (χ4n) is 3.75. The molecule has 3 nitrogen and oxygen atoms in total. The summed E-state index contributed by atoms with van der Waals surface area (Å²) in [6.45, 7) is 0. The van der Waals surface area contributed by atoms with Crippen LogP contribution in [-0.4, -0.2) is 22.7 Å². The van der Waals surface area contributed by atoms with Crippen molar-refractivity contribution in [2.24, 2.45) is 0 Å². The first-order valence-electron chi connectivity index (χ1n) is 7.70. The first kappa shape index (κ1) is 13.9. The van der Waals surface area contributed by atoms with Gasteiger partial charge < -0.3 is 10.4 Å². The lowest BCUT2D eigenvalue weighted by molar-refractivity contribution is -0.139. The lowest BCUT2D eigenvalue weighted by Gasteiger charge is -2.40. The third-order valence-corrected chi connectivity index (χ3v) is 4.67. The summed E-state index contributed by atoms with van der Waals surface area (Å²) in [6, 6.07) is 0.560. The molecule has 2 rings (SSSR count). The molecule has 18 heavy (non-hydrogen) atoms. The van der Waals surface area contributed by atoms with Crippen molar-refractivity contribution < 1.29 is 9.90 Å². The second-order valence-corrected chi connectivity index (χ2v) is 6.24. The third-order valence-electron chi connectivity index (χ3n) is 4.67. The fraction of sp³-hybridized carbons (Fsp3) is 0.933. The summed E-state index contributed by atoms with van der Waals surface area (Å²) in [5.41, 5.74) is -0.0981. The molecule has 2 N–H and O–H groups in total. The molecule has 0 atom stereocenters. The lowest BCUT2D eigenvalue weighted by atomic mass is 9.78. The number of nitrogens with one attached hydrogen (secondary N) is 1. The van der Waals surface area contributed by atoms with E-state index in [-0.39, 0.29) is 5.54 Å². The van der Waals surface area contributed by atoms with Crippen molar-refractivity contribution in [3.8, 4) is 0 Å². The average molecular weight is 253 g/mol. The van der Waals surface area contributed by atoms with Crippen LogP contribution in [0.25, 0.3) is 0 Å². The molecule has 104 valence electrons. The predicted octanol–water partition coefficient (Wildman–Crippen LogP) is 3.48. The number of carboxylic acids is 1. The van der Waals surface area contributed by atoms with Crippen LogP contribution in [-0.2, 0) is 4.79 Å². The van der Waals surface area contributed by atoms with Crippen LogP contribution >= 0.6 is 0 Å². The van der Waals surface area contributed by atoms with Crippen LogP contribution in [0, 0.1) is 0 Å². The van der Waals surface area contributed by atoms with Gasteiger partial charge in [-0.1, -0.05) is 44.9 Å². The number of hydrogen-bond donors (Lipinski definition) is 2. The van der Waals surface area contributed by atoms with E-state index in [1.807, 2.05) is 0 Å². The molecule has 0 saturated heterocycles. The molecule has 2 aliphatic carbocycles. The molecule has 2 fully saturated rings. The molecule has 2 aliphatic rings. The molecular formula is C15H27NO2. The van der Waals surface area contributed by atoms with Gasteiger partial charge in [-0.2, -0.15) is 0 Å². The first-order valence-corrected chi connectivity index (χ1v) is 7.70. The molecule has 0 aromatic rings. The van der Waals surface area contributed by atoms with Crippen LogP contribution in [0.2, 0.25) is 0 Å². The van der Waals surface area contributed by atoms with Gasteiger partial charge in [-0.05, 0) is 25.7 Å². The lowest BCUT2D eigenvalue weighted by Crippen LogP contribution is -2.52. The van der Waals surface area contributed by atoms with Gasteiger partial charge in [0.1, 0.15) is 0 Å². The summed E-state index contributed by atoms with van der Waals surface area (Å²) in [4.78, 5) is 11.1. The molecule has 2 saturated carbocycles. The summed E-state index contributed by atoms with van der Waals surface area (Å²) in [6.07, 6.45) is 13.8. The Hall–Kier alpha value is -0.570. The predicted molar refractivity (Wildman–Crippen MR) is 72.7 cm³/mol. The van der Waals surface area contributed by atoms with Gasteiger partial charge in [-0.25, -0.2) is 0 Å². The quantitative estimate of drug-likeness (QED) is 0.754. The van der Waals surface area contributed by atoms with Crippen molar-refractivity contribution in [3.63, 3.8) is 0 Å². The van der Waals surface area contributed by atoms with Gasteiger partial charge in [0.15, 0.2) is 0 Å². The molecule has 3 heteroatoms. The summed E-state index contributed by atoms with van der Waals surface area (Å²) in [5.74, 6) is -0.641. The molecule has 0 bridgehead atoms. The Morgan fingerprint density at radius 1 is 1.00 bits per heavy atom. The minimum Gasteiger partial charge on any atom is -0.481 e. The van der Waals surface area contributed by atoms with Gasteiger partial charge in [0, 0.05) is 11.6 Å². The molecular weight excluding hydrogens is 226 g/mol. The molecule has 0 amide bonds. The van der Waals surface area contributed by atoms with Crippen LogP contribution in [0.1, 0.15) is 77.0 Å². The van der Waals surface area contributed by atoms with E-state index in [0.29, 0.717) is 12.5 Å². The minimum absolute atomic E-state index is 0.0981. The Kier molecular flexibility index (Phi) is 5.04. The van der Waals surface area contributed by atoms with E-state index < -0.39 is 5.97 Å². The Bertz CT molecular complexity index is 264. The van der Waals surface area contributed by atoms with Gasteiger partial charge >= 0.3 is 5.97 Å². The van der Waals surface area contributed by atoms with Crippen molar-refractivity contribution >= 4 is 5.97 Å². The summed E-state index contributed by atoms with van der Waals surface area (Å²) in [7, 11) is 0. The van der Waals surface area contributed by atoms with Crippen molar-refractivity contribution in [2.75, 3.05) is 0 Å². The highest BCUT2D eigenvalue weighted by atomic mass is 16.4. The maximum Gasteiger partial charge on any atom is 0.305 e. The normalized spacial score (nSPS) is 25.6. The largest absolute Gasteiger partial charge is 0.481 e. The Labute approximate surface area is 110 Å². The van der Waals surface area contributed by atoms with Crippen molar-refractivity contribution in [1.82, 2.24) is 5.32 Å². The summed E-state index contributed by atoms with van der Waals surface area (Å²) in [5, 5.41) is 12.9. The number of aliphatic carboxylic acids is 1. The summed E-state index contributed by atoms with van der Waals surface area (Å²) >= 11 is 0. The van der Waals surface area contributed by atoms with E-state index in [9.17, 15) is 9.90 Å². The average Bonchev–Trinajstić information content (AvgIpc) is 2.57. The van der Waals surface area contributed by atoms with Crippen LogP contribution in [0.5, 0.6) is 0 Å². The SMILES string of the molecule is O=C(O)CC1(NC2CCCCCC2)CCCCC1. The highest BCUT2D eigenvalue weighted by molar-refractivity contribution is 5.68. The zero-order valence-corrected chi connectivity index (χ0v) is 11.4. The van der Waals surface area contributed by atoms with E-state index in [0.717, 1.165) is 12.8 Å². The number of carbonyl (C=O) groups is 1. The van der Waals surface area contributed by atoms with Crippen molar-refractivity contribution in [1.29, 1.82) is 0 Å². The van der Waals surface area contributed by atoms with E-state index in [4.69, 9.17) is 0 Å². The maximum atomic E-state index is 11.1. The third kappa shape index (κ3) is 3.98. The van der Waals surface area contributed by atoms with Gasteiger partial charge in [-0.3, -0.25) is 4.79 Å². The van der Waals surface area contributed by atoms with E-state index in [1.165, 1.54) is 57.8 Å². The van der Waals surface area contributed by atoms with E-state index in [2.05, 4.69) is 5.32 Å². The monoisotopic (exact) mass is 253 g/mol. The van der Waals surface area contributed by atoms with E-state index >= 15 is 0 Å². The minimum atomic E-state index is -0.641. The molecule has 0 aromatic carbocycles. The molecule has 0 unspecified atom stereocenters. The van der Waals surface area contributed by atoms with Gasteiger partial charge in [0.05, 0.1) is 6.42 Å². The molecule has 0 aliphatic heterocycles. The van der Waals surface area contributed by atoms with Crippen molar-refractivity contribution in [3.05, 3.63) is 0 Å². The smallest absolute Gasteiger partial charge is 0.305 e. The Balaban J connectivity index is 1.96. The van der Waals surface area contributed by atoms with Crippen LogP contribution in [0.15, 0.2) is 0 Å². The molecule has 0 spiro atoms. The number of hydrogen-bond acceptors (Lipinski definition) is 2. The highest BCUT2D eigenvalue weighted by Crippen LogP contribution is 2.33. The zero-order chi connectivity index (χ0) is 12.8. The maximum absolute atomic E-state index is 11.1. The van der Waals surface area contributed by atoms with Crippen LogP contribution in [0.3, 0.4) is 0 Å². The summed E-state index contributed by atoms with van der Waals surface area (Å²) < 4.78 is 0. The topological polar surface area (TPSA) is 49.3 Å². The fourth-order valence-corrected chi connectivity index (χ4v) is 3.75. The second-order valence-electron chi connectivity index (χ2n) is 6.24. The van der Waals surface area contributed by atoms with Crippen molar-refractivity contribution in [2.45, 2.75) is 88.6 Å². The molecule has 0 radical (unpaired) electrons. The van der Waals surface area contributed by atoms with Gasteiger partial charge in [-0.15, -0.1) is 0 Å². The van der Waals surface area contributed by atoms with E-state index in [1.54, 1.807) is 0 Å². The Morgan fingerprint density at radius 3 is 2.11 bits per heavy atom. The van der Waals surface area contributed by atoms with Crippen LogP contribution in [0.4, 0.5) is 0 Å². The number of rotatable bonds is 4. The molecule has 0 heterocycles. The van der Waals surface area contributed by atoms with Gasteiger partial charge in [0.25, 0.3) is 0 Å². The highest BCUT2D eigenvalue weighted by Gasteiger charge is 2.35. The first-order chi connectivity index (χ1) is 8.70. The standard InChI is InChI=1S/C15H27NO2/c17-14(18)12-15(10-6-3-7-11-15)16-13-8-4-1-2-5-9-13/h13,16H,1-12H2,(H,17,18). The van der Waals surface area contributed by atoms with Gasteiger partial charge in [0.2, 0.25) is 0 Å². The zero-order valence-electron chi connectivity index (χ0n) is 11.4. The second kappa shape index (κ2) is 6.55. The molecule has 0 aromatic heterocycles. The van der Waals surface area contributed by atoms with Crippen LogP contribution < -0.4 is 5.32 Å².